The maximum Gasteiger partial charge on any atom is 0.416 e. The number of halogens is 5. The van der Waals surface area contributed by atoms with E-state index >= 15 is 0 Å². The first kappa shape index (κ1) is 24.1. The molecule has 4 aromatic rings. The standard InChI is InChI=1S/C27H21Cl2F3N2/c1-16-11-22(9-10-23(16)18-5-7-21(28)8-6-18)34-15-25-24(19-4-3-17(2)33-14-19)12-20(13-26(25)29)27(30,31)32/h3-14,34H,15H2,1-2H3. The second kappa shape index (κ2) is 9.69. The fourth-order valence-corrected chi connectivity index (χ4v) is 4.19. The molecule has 2 nitrogen and oxygen atoms in total. The fraction of sp³-hybridized carbons (Fsp3) is 0.148. The Morgan fingerprint density at radius 1 is 0.824 bits per heavy atom. The zero-order chi connectivity index (χ0) is 24.5. The Labute approximate surface area is 206 Å². The molecule has 4 rings (SSSR count). The third-order valence-corrected chi connectivity index (χ3v) is 6.19. The second-order valence-corrected chi connectivity index (χ2v) is 8.90. The molecule has 0 amide bonds. The van der Waals surface area contributed by atoms with Crippen molar-refractivity contribution in [3.8, 4) is 22.3 Å². The predicted molar refractivity (Wildman–Crippen MR) is 133 cm³/mol. The monoisotopic (exact) mass is 500 g/mol. The van der Waals surface area contributed by atoms with Crippen LogP contribution in [0.2, 0.25) is 10.0 Å². The number of benzene rings is 3. The highest BCUT2D eigenvalue weighted by molar-refractivity contribution is 6.32. The first-order valence-corrected chi connectivity index (χ1v) is 11.3. The van der Waals surface area contributed by atoms with Gasteiger partial charge in [0, 0.05) is 39.7 Å². The van der Waals surface area contributed by atoms with E-state index in [4.69, 9.17) is 23.2 Å². The molecular weight excluding hydrogens is 480 g/mol. The summed E-state index contributed by atoms with van der Waals surface area (Å²) in [6.45, 7) is 4.07. The van der Waals surface area contributed by atoms with Crippen LogP contribution in [0.15, 0.2) is 72.9 Å². The SMILES string of the molecule is Cc1ccc(-c2cc(C(F)(F)F)cc(Cl)c2CNc2ccc(-c3ccc(Cl)cc3)c(C)c2)cn1. The number of alkyl halides is 3. The van der Waals surface area contributed by atoms with E-state index < -0.39 is 11.7 Å². The number of hydrogen-bond acceptors (Lipinski definition) is 2. The van der Waals surface area contributed by atoms with Crippen molar-refractivity contribution in [1.82, 2.24) is 4.98 Å². The van der Waals surface area contributed by atoms with Crippen molar-refractivity contribution in [2.75, 3.05) is 5.32 Å². The number of rotatable bonds is 5. The van der Waals surface area contributed by atoms with Gasteiger partial charge in [0.15, 0.2) is 0 Å². The van der Waals surface area contributed by atoms with E-state index in [9.17, 15) is 13.2 Å². The molecule has 0 spiro atoms. The summed E-state index contributed by atoms with van der Waals surface area (Å²) < 4.78 is 40.4. The minimum absolute atomic E-state index is 0.0485. The molecule has 0 aliphatic heterocycles. The Morgan fingerprint density at radius 3 is 2.15 bits per heavy atom. The van der Waals surface area contributed by atoms with Crippen molar-refractivity contribution in [1.29, 1.82) is 0 Å². The summed E-state index contributed by atoms with van der Waals surface area (Å²) in [5.41, 5.74) is 5.53. The van der Waals surface area contributed by atoms with Gasteiger partial charge in [0.05, 0.1) is 5.56 Å². The Bertz CT molecular complexity index is 1320. The summed E-state index contributed by atoms with van der Waals surface area (Å²) in [5.74, 6) is 0. The number of nitrogens with one attached hydrogen (secondary N) is 1. The van der Waals surface area contributed by atoms with E-state index in [1.165, 1.54) is 0 Å². The highest BCUT2D eigenvalue weighted by Crippen LogP contribution is 2.38. The first-order valence-electron chi connectivity index (χ1n) is 10.5. The molecule has 0 aliphatic carbocycles. The summed E-state index contributed by atoms with van der Waals surface area (Å²) in [4.78, 5) is 4.24. The van der Waals surface area contributed by atoms with Crippen molar-refractivity contribution in [3.63, 3.8) is 0 Å². The van der Waals surface area contributed by atoms with Gasteiger partial charge in [-0.1, -0.05) is 47.5 Å². The Morgan fingerprint density at radius 2 is 1.53 bits per heavy atom. The van der Waals surface area contributed by atoms with Gasteiger partial charge in [-0.15, -0.1) is 0 Å². The van der Waals surface area contributed by atoms with E-state index in [0.29, 0.717) is 21.7 Å². The van der Waals surface area contributed by atoms with E-state index in [0.717, 1.165) is 40.2 Å². The molecule has 7 heteroatoms. The number of nitrogens with zero attached hydrogens (tertiary/aromatic N) is 1. The third-order valence-electron chi connectivity index (χ3n) is 5.60. The Hall–Kier alpha value is -3.02. The van der Waals surface area contributed by atoms with Crippen LogP contribution < -0.4 is 5.32 Å². The average molecular weight is 501 g/mol. The molecule has 0 bridgehead atoms. The molecule has 0 saturated heterocycles. The second-order valence-electron chi connectivity index (χ2n) is 8.06. The number of aryl methyl sites for hydroxylation is 2. The maximum absolute atomic E-state index is 13.5. The number of pyridine rings is 1. The molecule has 1 heterocycles. The highest BCUT2D eigenvalue weighted by Gasteiger charge is 2.32. The molecule has 1 N–H and O–H groups in total. The lowest BCUT2D eigenvalue weighted by molar-refractivity contribution is -0.137. The fourth-order valence-electron chi connectivity index (χ4n) is 3.78. The number of anilines is 1. The summed E-state index contributed by atoms with van der Waals surface area (Å²) in [7, 11) is 0. The van der Waals surface area contributed by atoms with Crippen LogP contribution in [-0.2, 0) is 12.7 Å². The Balaban J connectivity index is 1.65. The third kappa shape index (κ3) is 5.37. The van der Waals surface area contributed by atoms with Crippen LogP contribution in [0.1, 0.15) is 22.4 Å². The molecule has 0 saturated carbocycles. The van der Waals surface area contributed by atoms with Crippen LogP contribution in [0.25, 0.3) is 22.3 Å². The van der Waals surface area contributed by atoms with Gasteiger partial charge in [-0.05, 0) is 84.1 Å². The van der Waals surface area contributed by atoms with Crippen LogP contribution >= 0.6 is 23.2 Å². The topological polar surface area (TPSA) is 24.9 Å². The zero-order valence-corrected chi connectivity index (χ0v) is 20.0. The molecule has 0 unspecified atom stereocenters. The van der Waals surface area contributed by atoms with Crippen molar-refractivity contribution in [2.45, 2.75) is 26.6 Å². The van der Waals surface area contributed by atoms with Gasteiger partial charge in [0.2, 0.25) is 0 Å². The zero-order valence-electron chi connectivity index (χ0n) is 18.5. The summed E-state index contributed by atoms with van der Waals surface area (Å²) in [6, 6.07) is 19.2. The van der Waals surface area contributed by atoms with Crippen LogP contribution in [-0.4, -0.2) is 4.98 Å². The van der Waals surface area contributed by atoms with Gasteiger partial charge in [-0.2, -0.15) is 13.2 Å². The molecule has 0 fully saturated rings. The van der Waals surface area contributed by atoms with Gasteiger partial charge < -0.3 is 5.32 Å². The van der Waals surface area contributed by atoms with Gasteiger partial charge in [0.1, 0.15) is 0 Å². The van der Waals surface area contributed by atoms with Gasteiger partial charge in [-0.25, -0.2) is 0 Å². The van der Waals surface area contributed by atoms with Crippen molar-refractivity contribution in [2.24, 2.45) is 0 Å². The summed E-state index contributed by atoms with van der Waals surface area (Å²) in [5, 5.41) is 4.03. The van der Waals surface area contributed by atoms with Crippen LogP contribution in [0.3, 0.4) is 0 Å². The van der Waals surface area contributed by atoms with Crippen molar-refractivity contribution >= 4 is 28.9 Å². The van der Waals surface area contributed by atoms with Crippen molar-refractivity contribution < 1.29 is 13.2 Å². The molecule has 1 aromatic heterocycles. The Kier molecular flexibility index (Phi) is 6.87. The van der Waals surface area contributed by atoms with Crippen LogP contribution in [0, 0.1) is 13.8 Å². The highest BCUT2D eigenvalue weighted by atomic mass is 35.5. The molecule has 0 atom stereocenters. The largest absolute Gasteiger partial charge is 0.416 e. The molecule has 0 radical (unpaired) electrons. The lowest BCUT2D eigenvalue weighted by atomic mass is 9.97. The van der Waals surface area contributed by atoms with E-state index in [2.05, 4.69) is 10.3 Å². The van der Waals surface area contributed by atoms with Gasteiger partial charge >= 0.3 is 6.18 Å². The van der Waals surface area contributed by atoms with E-state index in [1.54, 1.807) is 18.3 Å². The molecular formula is C27H21Cl2F3N2. The number of hydrogen-bond donors (Lipinski definition) is 1. The van der Waals surface area contributed by atoms with Crippen LogP contribution in [0.5, 0.6) is 0 Å². The molecule has 34 heavy (non-hydrogen) atoms. The smallest absolute Gasteiger partial charge is 0.381 e. The van der Waals surface area contributed by atoms with Crippen molar-refractivity contribution in [3.05, 3.63) is 105 Å². The lowest BCUT2D eigenvalue weighted by Gasteiger charge is -2.17. The molecule has 0 aliphatic rings. The van der Waals surface area contributed by atoms with E-state index in [1.807, 2.05) is 56.3 Å². The normalized spacial score (nSPS) is 11.5. The minimum atomic E-state index is -4.50. The number of aromatic nitrogens is 1. The lowest BCUT2D eigenvalue weighted by Crippen LogP contribution is -2.09. The summed E-state index contributed by atoms with van der Waals surface area (Å²) >= 11 is 12.4. The molecule has 174 valence electrons. The molecule has 3 aromatic carbocycles. The average Bonchev–Trinajstić information content (AvgIpc) is 2.78. The first-order chi connectivity index (χ1) is 16.1. The predicted octanol–water partition coefficient (Wildman–Crippen LogP) is 8.97. The van der Waals surface area contributed by atoms with Gasteiger partial charge in [-0.3, -0.25) is 4.98 Å². The maximum atomic E-state index is 13.5. The quantitative estimate of drug-likeness (QED) is 0.295. The van der Waals surface area contributed by atoms with Crippen LogP contribution in [0.4, 0.5) is 18.9 Å². The van der Waals surface area contributed by atoms with Gasteiger partial charge in [0.25, 0.3) is 0 Å². The summed E-state index contributed by atoms with van der Waals surface area (Å²) in [6.07, 6.45) is -2.94. The minimum Gasteiger partial charge on any atom is -0.381 e. The van der Waals surface area contributed by atoms with E-state index in [-0.39, 0.29) is 11.6 Å².